The number of amides is 2. The van der Waals surface area contributed by atoms with Crippen LogP contribution in [0, 0.1) is 5.92 Å². The Kier molecular flexibility index (Phi) is 8.70. The number of anilines is 1. The van der Waals surface area contributed by atoms with Gasteiger partial charge < -0.3 is 20.1 Å². The van der Waals surface area contributed by atoms with Gasteiger partial charge in [-0.15, -0.1) is 0 Å². The average molecular weight is 551 g/mol. The van der Waals surface area contributed by atoms with Crippen molar-refractivity contribution in [2.75, 3.05) is 31.7 Å². The zero-order valence-corrected chi connectivity index (χ0v) is 22.2. The number of aromatic nitrogens is 1. The van der Waals surface area contributed by atoms with Crippen LogP contribution < -0.4 is 10.6 Å². The topological polar surface area (TPSA) is 102 Å². The average Bonchev–Trinajstić information content (AvgIpc) is 3.24. The number of nitrogens with one attached hydrogen (secondary N) is 2. The molecule has 38 heavy (non-hydrogen) atoms. The second-order valence-electron chi connectivity index (χ2n) is 8.95. The van der Waals surface area contributed by atoms with E-state index in [9.17, 15) is 9.59 Å². The van der Waals surface area contributed by atoms with E-state index in [1.165, 1.54) is 11.8 Å². The number of fused-ring (bicyclic) bond motifs is 1. The van der Waals surface area contributed by atoms with Gasteiger partial charge >= 0.3 is 0 Å². The van der Waals surface area contributed by atoms with Crippen LogP contribution in [0.25, 0.3) is 17.0 Å². The van der Waals surface area contributed by atoms with Crippen molar-refractivity contribution < 1.29 is 19.1 Å². The number of hydrogen-bond donors (Lipinski definition) is 2. The summed E-state index contributed by atoms with van der Waals surface area (Å²) in [7, 11) is 0. The number of ether oxygens (including phenoxy) is 2. The van der Waals surface area contributed by atoms with E-state index in [-0.39, 0.29) is 17.7 Å². The molecule has 10 heteroatoms. The minimum atomic E-state index is -0.217. The maximum atomic E-state index is 12.5. The van der Waals surface area contributed by atoms with Crippen molar-refractivity contribution in [2.24, 2.45) is 10.9 Å². The van der Waals surface area contributed by atoms with Gasteiger partial charge in [-0.05, 0) is 72.6 Å². The first-order chi connectivity index (χ1) is 18.5. The molecule has 0 bridgehead atoms. The number of carbonyl (C=O) groups excluding carboxylic acids is 2. The first kappa shape index (κ1) is 26.4. The molecule has 3 fully saturated rings. The first-order valence-electron chi connectivity index (χ1n) is 12.5. The van der Waals surface area contributed by atoms with Crippen LogP contribution in [-0.2, 0) is 19.1 Å². The highest BCUT2D eigenvalue weighted by Gasteiger charge is 2.26. The van der Waals surface area contributed by atoms with Crippen LogP contribution in [0.2, 0.25) is 5.02 Å². The van der Waals surface area contributed by atoms with E-state index in [4.69, 9.17) is 21.1 Å². The number of nitrogens with zero attached hydrogens (tertiary/aromatic N) is 2. The second-order valence-corrected chi connectivity index (χ2v) is 10.4. The highest BCUT2D eigenvalue weighted by Crippen LogP contribution is 2.34. The molecular formula is C28H27ClN4O4S. The van der Waals surface area contributed by atoms with Crippen LogP contribution in [0.5, 0.6) is 0 Å². The number of carbonyl (C=O) groups is 2. The molecule has 0 unspecified atom stereocenters. The number of hydrogen-bond acceptors (Lipinski definition) is 7. The predicted octanol–water partition coefficient (Wildman–Crippen LogP) is 5.55. The van der Waals surface area contributed by atoms with E-state index >= 15 is 0 Å². The number of rotatable bonds is 4. The second kappa shape index (κ2) is 12.5. The fraction of sp³-hybridized carbons (Fsp3) is 0.286. The predicted molar refractivity (Wildman–Crippen MR) is 152 cm³/mol. The van der Waals surface area contributed by atoms with Crippen molar-refractivity contribution in [1.29, 1.82) is 0 Å². The quantitative estimate of drug-likeness (QED) is 0.413. The zero-order valence-electron chi connectivity index (χ0n) is 20.6. The number of halogens is 1. The van der Waals surface area contributed by atoms with Crippen LogP contribution in [0.15, 0.2) is 64.6 Å². The molecule has 3 aromatic rings. The van der Waals surface area contributed by atoms with Gasteiger partial charge in [-0.25, -0.2) is 4.99 Å². The molecule has 8 nitrogen and oxygen atoms in total. The maximum Gasteiger partial charge on any atom is 0.264 e. The van der Waals surface area contributed by atoms with Crippen molar-refractivity contribution in [2.45, 2.75) is 19.3 Å². The molecule has 0 radical (unpaired) electrons. The van der Waals surface area contributed by atoms with Crippen molar-refractivity contribution in [3.63, 3.8) is 0 Å². The van der Waals surface area contributed by atoms with E-state index in [2.05, 4.69) is 20.6 Å². The van der Waals surface area contributed by atoms with Crippen LogP contribution in [-0.4, -0.2) is 48.4 Å². The summed E-state index contributed by atoms with van der Waals surface area (Å²) in [6.45, 7) is 3.11. The number of benzene rings is 2. The minimum Gasteiger partial charge on any atom is -0.377 e. The third kappa shape index (κ3) is 6.79. The Bertz CT molecular complexity index is 1390. The standard InChI is InChI=1S/C24H19ClN4O2S.C4H8O2/c25-18-8-7-17(27-22(30)15-3-1-4-15)13-20(18)28-24-29-23(31)21(32-24)12-14-6-9-19-16(11-14)5-2-10-26-19;1-2-6-4-3-5-1/h2,5-13,15H,1,3-4H2,(H,27,30)(H,28,29,31);1-4H2/b21-12-;. The minimum absolute atomic E-state index is 0.0246. The maximum absolute atomic E-state index is 12.5. The van der Waals surface area contributed by atoms with Crippen molar-refractivity contribution in [3.05, 3.63) is 70.2 Å². The van der Waals surface area contributed by atoms with E-state index in [1.54, 1.807) is 24.4 Å². The van der Waals surface area contributed by atoms with Gasteiger partial charge in [0.25, 0.3) is 5.91 Å². The summed E-state index contributed by atoms with van der Waals surface area (Å²) in [6.07, 6.45) is 6.54. The van der Waals surface area contributed by atoms with E-state index in [0.29, 0.717) is 26.5 Å². The number of pyridine rings is 1. The Morgan fingerprint density at radius 3 is 2.61 bits per heavy atom. The molecule has 0 atom stereocenters. The van der Waals surface area contributed by atoms with E-state index in [0.717, 1.165) is 62.2 Å². The van der Waals surface area contributed by atoms with Crippen molar-refractivity contribution in [3.8, 4) is 0 Å². The molecule has 2 N–H and O–H groups in total. The molecule has 2 aromatic carbocycles. The lowest BCUT2D eigenvalue weighted by molar-refractivity contribution is -0.122. The number of aliphatic imine (C=N–C) groups is 1. The molecule has 0 spiro atoms. The number of amidine groups is 1. The SMILES string of the molecule is C1COCCO1.O=C1NC(=Nc2cc(NC(=O)C3CCC3)ccc2Cl)S/C1=C\c1ccc2ncccc2c1. The highest BCUT2D eigenvalue weighted by atomic mass is 35.5. The molecule has 1 aromatic heterocycles. The molecule has 3 heterocycles. The molecule has 2 aliphatic heterocycles. The Morgan fingerprint density at radius 2 is 1.89 bits per heavy atom. The zero-order chi connectivity index (χ0) is 26.3. The monoisotopic (exact) mass is 550 g/mol. The third-order valence-corrected chi connectivity index (χ3v) is 7.46. The summed E-state index contributed by atoms with van der Waals surface area (Å²) < 4.78 is 9.89. The lowest BCUT2D eigenvalue weighted by Crippen LogP contribution is -2.27. The Hall–Kier alpha value is -3.24. The molecule has 1 aliphatic carbocycles. The summed E-state index contributed by atoms with van der Waals surface area (Å²) >= 11 is 7.56. The summed E-state index contributed by atoms with van der Waals surface area (Å²) in [5, 5.41) is 7.59. The highest BCUT2D eigenvalue weighted by molar-refractivity contribution is 8.18. The smallest absolute Gasteiger partial charge is 0.264 e. The van der Waals surface area contributed by atoms with Crippen molar-refractivity contribution >= 4 is 68.7 Å². The van der Waals surface area contributed by atoms with Gasteiger partial charge in [0.15, 0.2) is 5.17 Å². The fourth-order valence-electron chi connectivity index (χ4n) is 3.96. The summed E-state index contributed by atoms with van der Waals surface area (Å²) in [6, 6.07) is 14.9. The normalized spacial score (nSPS) is 19.6. The molecule has 3 aliphatic rings. The summed E-state index contributed by atoms with van der Waals surface area (Å²) in [5.41, 5.74) is 2.93. The number of thioether (sulfide) groups is 1. The lowest BCUT2D eigenvalue weighted by atomic mass is 9.85. The van der Waals surface area contributed by atoms with Crippen LogP contribution in [0.1, 0.15) is 24.8 Å². The first-order valence-corrected chi connectivity index (χ1v) is 13.6. The van der Waals surface area contributed by atoms with E-state index < -0.39 is 0 Å². The summed E-state index contributed by atoms with van der Waals surface area (Å²) in [5.74, 6) is -0.106. The molecule has 2 amide bonds. The van der Waals surface area contributed by atoms with Gasteiger partial charge in [-0.1, -0.05) is 30.2 Å². The van der Waals surface area contributed by atoms with Gasteiger partial charge in [-0.3, -0.25) is 14.6 Å². The van der Waals surface area contributed by atoms with Gasteiger partial charge in [-0.2, -0.15) is 0 Å². The van der Waals surface area contributed by atoms with Gasteiger partial charge in [0.2, 0.25) is 5.91 Å². The van der Waals surface area contributed by atoms with Crippen LogP contribution >= 0.6 is 23.4 Å². The van der Waals surface area contributed by atoms with Gasteiger partial charge in [0, 0.05) is 23.2 Å². The lowest BCUT2D eigenvalue weighted by Gasteiger charge is -2.24. The Labute approximate surface area is 229 Å². The van der Waals surface area contributed by atoms with Gasteiger partial charge in [0.05, 0.1) is 47.6 Å². The molecular weight excluding hydrogens is 524 g/mol. The van der Waals surface area contributed by atoms with E-state index in [1.807, 2.05) is 36.4 Å². The van der Waals surface area contributed by atoms with Crippen LogP contribution in [0.4, 0.5) is 11.4 Å². The summed E-state index contributed by atoms with van der Waals surface area (Å²) in [4.78, 5) is 34.1. The molecule has 1 saturated carbocycles. The largest absolute Gasteiger partial charge is 0.377 e. The van der Waals surface area contributed by atoms with Crippen molar-refractivity contribution in [1.82, 2.24) is 10.3 Å². The molecule has 196 valence electrons. The Morgan fingerprint density at radius 1 is 1.11 bits per heavy atom. The fourth-order valence-corrected chi connectivity index (χ4v) is 4.95. The molecule has 2 saturated heterocycles. The Balaban J connectivity index is 0.000000433. The molecule has 6 rings (SSSR count). The van der Waals surface area contributed by atoms with Crippen LogP contribution in [0.3, 0.4) is 0 Å². The van der Waals surface area contributed by atoms with Gasteiger partial charge in [0.1, 0.15) is 0 Å². The third-order valence-electron chi connectivity index (χ3n) is 6.23.